The SMILES string of the molecule is CCCCc1ccc(C(C#N)=NO)cc1. The standard InChI is InChI=1S/C12H14N2O/c1-2-3-4-10-5-7-11(8-6-10)12(9-13)14-15/h5-8,15H,2-4H2,1H3. The van der Waals surface area contributed by atoms with Crippen LogP contribution < -0.4 is 0 Å². The third kappa shape index (κ3) is 3.10. The Labute approximate surface area is 89.7 Å². The van der Waals surface area contributed by atoms with Crippen LogP contribution in [-0.2, 0) is 6.42 Å². The molecule has 1 rings (SSSR count). The largest absolute Gasteiger partial charge is 0.410 e. The van der Waals surface area contributed by atoms with Crippen molar-refractivity contribution in [3.8, 4) is 6.07 Å². The Morgan fingerprint density at radius 3 is 2.53 bits per heavy atom. The number of hydrogen-bond donors (Lipinski definition) is 1. The maximum atomic E-state index is 8.65. The van der Waals surface area contributed by atoms with Crippen molar-refractivity contribution in [1.82, 2.24) is 0 Å². The number of benzene rings is 1. The van der Waals surface area contributed by atoms with Crippen molar-refractivity contribution in [2.24, 2.45) is 5.16 Å². The molecule has 0 aromatic heterocycles. The second-order valence-corrected chi connectivity index (χ2v) is 3.36. The van der Waals surface area contributed by atoms with E-state index in [0.717, 1.165) is 6.42 Å². The van der Waals surface area contributed by atoms with Crippen LogP contribution in [0.15, 0.2) is 29.4 Å². The molecule has 3 heteroatoms. The zero-order valence-corrected chi connectivity index (χ0v) is 8.77. The average molecular weight is 202 g/mol. The second kappa shape index (κ2) is 5.82. The quantitative estimate of drug-likeness (QED) is 0.463. The summed E-state index contributed by atoms with van der Waals surface area (Å²) in [5, 5.41) is 20.1. The molecule has 0 amide bonds. The summed E-state index contributed by atoms with van der Waals surface area (Å²) >= 11 is 0. The highest BCUT2D eigenvalue weighted by Gasteiger charge is 2.02. The number of hydrogen-bond acceptors (Lipinski definition) is 3. The van der Waals surface area contributed by atoms with E-state index in [-0.39, 0.29) is 5.71 Å². The van der Waals surface area contributed by atoms with Gasteiger partial charge in [0.15, 0.2) is 5.71 Å². The van der Waals surface area contributed by atoms with Crippen LogP contribution in [0.5, 0.6) is 0 Å². The number of nitriles is 1. The van der Waals surface area contributed by atoms with Gasteiger partial charge in [0.1, 0.15) is 6.07 Å². The van der Waals surface area contributed by atoms with Crippen LogP contribution in [0.2, 0.25) is 0 Å². The first kappa shape index (κ1) is 11.3. The van der Waals surface area contributed by atoms with E-state index in [0.29, 0.717) is 5.56 Å². The summed E-state index contributed by atoms with van der Waals surface area (Å²) in [5.74, 6) is 0. The van der Waals surface area contributed by atoms with Crippen LogP contribution in [0.3, 0.4) is 0 Å². The lowest BCUT2D eigenvalue weighted by Gasteiger charge is -2.01. The molecule has 0 aliphatic rings. The van der Waals surface area contributed by atoms with E-state index >= 15 is 0 Å². The van der Waals surface area contributed by atoms with E-state index < -0.39 is 0 Å². The van der Waals surface area contributed by atoms with Gasteiger partial charge < -0.3 is 5.21 Å². The van der Waals surface area contributed by atoms with Gasteiger partial charge in [-0.25, -0.2) is 0 Å². The minimum atomic E-state index is 0.0528. The molecule has 15 heavy (non-hydrogen) atoms. The Balaban J connectivity index is 2.77. The van der Waals surface area contributed by atoms with Crippen molar-refractivity contribution in [3.05, 3.63) is 35.4 Å². The van der Waals surface area contributed by atoms with Crippen LogP contribution in [0.4, 0.5) is 0 Å². The Morgan fingerprint density at radius 1 is 1.40 bits per heavy atom. The third-order valence-corrected chi connectivity index (χ3v) is 2.25. The van der Waals surface area contributed by atoms with E-state index in [1.165, 1.54) is 18.4 Å². The van der Waals surface area contributed by atoms with Crippen LogP contribution in [0.25, 0.3) is 0 Å². The summed E-state index contributed by atoms with van der Waals surface area (Å²) in [7, 11) is 0. The molecule has 0 saturated carbocycles. The zero-order valence-electron chi connectivity index (χ0n) is 8.77. The molecule has 0 radical (unpaired) electrons. The first-order valence-electron chi connectivity index (χ1n) is 5.03. The maximum absolute atomic E-state index is 8.65. The number of oxime groups is 1. The first-order valence-corrected chi connectivity index (χ1v) is 5.03. The van der Waals surface area contributed by atoms with E-state index in [9.17, 15) is 0 Å². The Morgan fingerprint density at radius 2 is 2.07 bits per heavy atom. The normalized spacial score (nSPS) is 11.1. The van der Waals surface area contributed by atoms with Gasteiger partial charge in [-0.3, -0.25) is 0 Å². The van der Waals surface area contributed by atoms with Gasteiger partial charge >= 0.3 is 0 Å². The Kier molecular flexibility index (Phi) is 4.36. The van der Waals surface area contributed by atoms with Gasteiger partial charge in [0.2, 0.25) is 0 Å². The van der Waals surface area contributed by atoms with E-state index in [1.54, 1.807) is 0 Å². The fraction of sp³-hybridized carbons (Fsp3) is 0.333. The third-order valence-electron chi connectivity index (χ3n) is 2.25. The molecule has 0 fully saturated rings. The molecule has 1 aromatic carbocycles. The molecule has 0 bridgehead atoms. The predicted molar refractivity (Wildman–Crippen MR) is 59.0 cm³/mol. The molecule has 0 spiro atoms. The summed E-state index contributed by atoms with van der Waals surface area (Å²) in [6.45, 7) is 2.15. The van der Waals surface area contributed by atoms with Crippen molar-refractivity contribution in [2.75, 3.05) is 0 Å². The monoisotopic (exact) mass is 202 g/mol. The van der Waals surface area contributed by atoms with Crippen LogP contribution in [0.1, 0.15) is 30.9 Å². The molecule has 0 unspecified atom stereocenters. The second-order valence-electron chi connectivity index (χ2n) is 3.36. The van der Waals surface area contributed by atoms with Gasteiger partial charge in [0.25, 0.3) is 0 Å². The van der Waals surface area contributed by atoms with Crippen molar-refractivity contribution >= 4 is 5.71 Å². The molecular formula is C12H14N2O. The van der Waals surface area contributed by atoms with Crippen molar-refractivity contribution in [2.45, 2.75) is 26.2 Å². The smallest absolute Gasteiger partial charge is 0.186 e. The van der Waals surface area contributed by atoms with E-state index in [1.807, 2.05) is 30.3 Å². The number of rotatable bonds is 4. The highest BCUT2D eigenvalue weighted by Crippen LogP contribution is 2.08. The van der Waals surface area contributed by atoms with E-state index in [4.69, 9.17) is 10.5 Å². The molecule has 0 aliphatic heterocycles. The minimum absolute atomic E-state index is 0.0528. The van der Waals surface area contributed by atoms with Crippen LogP contribution in [0, 0.1) is 11.3 Å². The first-order chi connectivity index (χ1) is 7.31. The molecule has 1 aromatic rings. The molecule has 3 nitrogen and oxygen atoms in total. The van der Waals surface area contributed by atoms with Gasteiger partial charge in [-0.15, -0.1) is 0 Å². The van der Waals surface area contributed by atoms with Crippen LogP contribution >= 0.6 is 0 Å². The lowest BCUT2D eigenvalue weighted by atomic mass is 10.0. The van der Waals surface area contributed by atoms with Crippen molar-refractivity contribution < 1.29 is 5.21 Å². The lowest BCUT2D eigenvalue weighted by Crippen LogP contribution is -1.97. The molecule has 1 N–H and O–H groups in total. The Hall–Kier alpha value is -1.82. The molecule has 78 valence electrons. The van der Waals surface area contributed by atoms with Gasteiger partial charge in [-0.1, -0.05) is 42.8 Å². The number of nitrogens with zero attached hydrogens (tertiary/aromatic N) is 2. The highest BCUT2D eigenvalue weighted by molar-refractivity contribution is 6.11. The molecule has 0 heterocycles. The molecular weight excluding hydrogens is 188 g/mol. The van der Waals surface area contributed by atoms with Crippen molar-refractivity contribution in [3.63, 3.8) is 0 Å². The van der Waals surface area contributed by atoms with Crippen LogP contribution in [-0.4, -0.2) is 10.9 Å². The summed E-state index contributed by atoms with van der Waals surface area (Å²) in [4.78, 5) is 0. The summed E-state index contributed by atoms with van der Waals surface area (Å²) in [6.07, 6.45) is 3.39. The average Bonchev–Trinajstić information content (AvgIpc) is 2.29. The van der Waals surface area contributed by atoms with Gasteiger partial charge in [-0.2, -0.15) is 5.26 Å². The van der Waals surface area contributed by atoms with Gasteiger partial charge in [-0.05, 0) is 18.4 Å². The minimum Gasteiger partial charge on any atom is -0.410 e. The lowest BCUT2D eigenvalue weighted by molar-refractivity contribution is 0.320. The maximum Gasteiger partial charge on any atom is 0.186 e. The molecule has 0 atom stereocenters. The summed E-state index contributed by atoms with van der Waals surface area (Å²) in [6, 6.07) is 9.38. The highest BCUT2D eigenvalue weighted by atomic mass is 16.4. The summed E-state index contributed by atoms with van der Waals surface area (Å²) < 4.78 is 0. The summed E-state index contributed by atoms with van der Waals surface area (Å²) in [5.41, 5.74) is 1.95. The fourth-order valence-electron chi connectivity index (χ4n) is 1.35. The Bertz CT molecular complexity index is 374. The topological polar surface area (TPSA) is 56.4 Å². The van der Waals surface area contributed by atoms with E-state index in [2.05, 4.69) is 12.1 Å². The number of unbranched alkanes of at least 4 members (excludes halogenated alkanes) is 1. The predicted octanol–water partition coefficient (Wildman–Crippen LogP) is 2.73. The number of aryl methyl sites for hydroxylation is 1. The van der Waals surface area contributed by atoms with Crippen molar-refractivity contribution in [1.29, 1.82) is 5.26 Å². The molecule has 0 saturated heterocycles. The van der Waals surface area contributed by atoms with Gasteiger partial charge in [0.05, 0.1) is 0 Å². The van der Waals surface area contributed by atoms with Gasteiger partial charge in [0, 0.05) is 5.56 Å². The molecule has 0 aliphatic carbocycles. The fourth-order valence-corrected chi connectivity index (χ4v) is 1.35. The zero-order chi connectivity index (χ0) is 11.1.